The van der Waals surface area contributed by atoms with E-state index in [4.69, 9.17) is 0 Å². The third-order valence-electron chi connectivity index (χ3n) is 6.21. The molecular weight excluding hydrogens is 294 g/mol. The molecule has 23 heavy (non-hydrogen) atoms. The van der Waals surface area contributed by atoms with Crippen LogP contribution < -0.4 is 0 Å². The van der Waals surface area contributed by atoms with Crippen molar-refractivity contribution in [2.45, 2.75) is 39.2 Å². The van der Waals surface area contributed by atoms with Crippen molar-refractivity contribution in [1.82, 2.24) is 14.7 Å². The lowest BCUT2D eigenvalue weighted by Gasteiger charge is -2.47. The number of carbonyl (C=O) groups excluding carboxylic acids is 3. The highest BCUT2D eigenvalue weighted by atomic mass is 16.2. The van der Waals surface area contributed by atoms with E-state index in [1.165, 1.54) is 0 Å². The summed E-state index contributed by atoms with van der Waals surface area (Å²) in [6.45, 7) is 8.07. The normalized spacial score (nSPS) is 29.6. The fourth-order valence-electron chi connectivity index (χ4n) is 4.76. The molecule has 0 aromatic carbocycles. The molecule has 6 nitrogen and oxygen atoms in total. The summed E-state index contributed by atoms with van der Waals surface area (Å²) >= 11 is 0. The van der Waals surface area contributed by atoms with E-state index in [1.807, 2.05) is 35.6 Å². The van der Waals surface area contributed by atoms with E-state index in [0.717, 1.165) is 12.8 Å². The van der Waals surface area contributed by atoms with Crippen LogP contribution in [0.25, 0.3) is 0 Å². The molecule has 3 heterocycles. The van der Waals surface area contributed by atoms with Gasteiger partial charge in [-0.2, -0.15) is 0 Å². The second-order valence-corrected chi connectivity index (χ2v) is 7.62. The Hall–Kier alpha value is -1.59. The second kappa shape index (κ2) is 5.49. The number of fused-ring (bicyclic) bond motifs is 2. The van der Waals surface area contributed by atoms with E-state index >= 15 is 0 Å². The predicted molar refractivity (Wildman–Crippen MR) is 85.4 cm³/mol. The van der Waals surface area contributed by atoms with E-state index in [0.29, 0.717) is 26.2 Å². The Bertz CT molecular complexity index is 537. The van der Waals surface area contributed by atoms with Crippen LogP contribution in [0.5, 0.6) is 0 Å². The van der Waals surface area contributed by atoms with E-state index in [2.05, 4.69) is 0 Å². The van der Waals surface area contributed by atoms with E-state index < -0.39 is 0 Å². The number of rotatable bonds is 1. The van der Waals surface area contributed by atoms with Gasteiger partial charge in [0.05, 0.1) is 11.5 Å². The summed E-state index contributed by atoms with van der Waals surface area (Å²) < 4.78 is 0. The molecule has 3 amide bonds. The molecule has 0 N–H and O–H groups in total. The van der Waals surface area contributed by atoms with Gasteiger partial charge < -0.3 is 14.7 Å². The van der Waals surface area contributed by atoms with Crippen molar-refractivity contribution in [3.8, 4) is 0 Å². The molecule has 128 valence electrons. The molecule has 0 unspecified atom stereocenters. The molecule has 0 aliphatic carbocycles. The molecule has 0 bridgehead atoms. The van der Waals surface area contributed by atoms with Gasteiger partial charge in [0.2, 0.25) is 17.7 Å². The van der Waals surface area contributed by atoms with Gasteiger partial charge in [0.25, 0.3) is 0 Å². The largest absolute Gasteiger partial charge is 0.342 e. The first-order valence-corrected chi connectivity index (χ1v) is 8.60. The minimum absolute atomic E-state index is 0.0134. The first-order chi connectivity index (χ1) is 10.8. The van der Waals surface area contributed by atoms with E-state index in [1.54, 1.807) is 6.92 Å². The maximum atomic E-state index is 12.7. The van der Waals surface area contributed by atoms with Crippen LogP contribution in [0.1, 0.15) is 33.6 Å². The first-order valence-electron chi connectivity index (χ1n) is 8.60. The molecule has 0 radical (unpaired) electrons. The molecule has 1 spiro atoms. The van der Waals surface area contributed by atoms with Crippen LogP contribution in [0, 0.1) is 17.8 Å². The number of likely N-dealkylation sites (tertiary alicyclic amines) is 3. The van der Waals surface area contributed by atoms with Crippen molar-refractivity contribution in [3.63, 3.8) is 0 Å². The monoisotopic (exact) mass is 321 g/mol. The Labute approximate surface area is 137 Å². The molecule has 3 rings (SSSR count). The van der Waals surface area contributed by atoms with Crippen LogP contribution in [0.2, 0.25) is 0 Å². The quantitative estimate of drug-likeness (QED) is 0.709. The zero-order chi connectivity index (χ0) is 16.9. The Balaban J connectivity index is 1.78. The Morgan fingerprint density at radius 1 is 1.13 bits per heavy atom. The molecule has 3 aliphatic rings. The lowest BCUT2D eigenvalue weighted by atomic mass is 9.75. The van der Waals surface area contributed by atoms with Crippen LogP contribution >= 0.6 is 0 Å². The number of nitrogens with zero attached hydrogens (tertiary/aromatic N) is 3. The van der Waals surface area contributed by atoms with Gasteiger partial charge in [0, 0.05) is 52.0 Å². The fraction of sp³-hybridized carbons (Fsp3) is 0.824. The van der Waals surface area contributed by atoms with Gasteiger partial charge in [-0.05, 0) is 12.8 Å². The third kappa shape index (κ3) is 2.34. The van der Waals surface area contributed by atoms with Crippen molar-refractivity contribution in [3.05, 3.63) is 0 Å². The topological polar surface area (TPSA) is 60.9 Å². The second-order valence-electron chi connectivity index (χ2n) is 7.62. The van der Waals surface area contributed by atoms with Crippen molar-refractivity contribution < 1.29 is 14.4 Å². The number of carbonyl (C=O) groups is 3. The maximum Gasteiger partial charge on any atom is 0.228 e. The van der Waals surface area contributed by atoms with Gasteiger partial charge in [-0.1, -0.05) is 13.8 Å². The summed E-state index contributed by atoms with van der Waals surface area (Å²) in [5, 5.41) is 0. The van der Waals surface area contributed by atoms with Crippen LogP contribution in [0.15, 0.2) is 0 Å². The first kappa shape index (κ1) is 16.3. The van der Waals surface area contributed by atoms with Crippen LogP contribution in [0.4, 0.5) is 0 Å². The Morgan fingerprint density at radius 2 is 1.74 bits per heavy atom. The lowest BCUT2D eigenvalue weighted by molar-refractivity contribution is -0.139. The summed E-state index contributed by atoms with van der Waals surface area (Å²) in [7, 11) is 1.90. The van der Waals surface area contributed by atoms with E-state index in [-0.39, 0.29) is 41.0 Å². The summed E-state index contributed by atoms with van der Waals surface area (Å²) in [4.78, 5) is 42.2. The molecular formula is C17H27N3O3. The number of amides is 3. The minimum Gasteiger partial charge on any atom is -0.342 e. The zero-order valence-corrected chi connectivity index (χ0v) is 14.5. The highest BCUT2D eigenvalue weighted by Gasteiger charge is 2.60. The van der Waals surface area contributed by atoms with Crippen LogP contribution in [0.3, 0.4) is 0 Å². The average molecular weight is 321 g/mol. The highest BCUT2D eigenvalue weighted by Crippen LogP contribution is 2.48. The smallest absolute Gasteiger partial charge is 0.228 e. The van der Waals surface area contributed by atoms with Crippen molar-refractivity contribution in [2.75, 3.05) is 33.2 Å². The van der Waals surface area contributed by atoms with Gasteiger partial charge in [0.1, 0.15) is 0 Å². The molecule has 2 atom stereocenters. The lowest BCUT2D eigenvalue weighted by Crippen LogP contribution is -2.57. The van der Waals surface area contributed by atoms with Crippen molar-refractivity contribution >= 4 is 17.7 Å². The van der Waals surface area contributed by atoms with Crippen molar-refractivity contribution in [1.29, 1.82) is 0 Å². The summed E-state index contributed by atoms with van der Waals surface area (Å²) in [6, 6.07) is 0. The Morgan fingerprint density at radius 3 is 2.26 bits per heavy atom. The summed E-state index contributed by atoms with van der Waals surface area (Å²) in [5.74, 6) is 0.579. The molecule has 3 aliphatic heterocycles. The molecule has 6 heteroatoms. The number of hydrogen-bond donors (Lipinski definition) is 0. The number of piperidine rings is 1. The molecule has 0 saturated carbocycles. The summed E-state index contributed by atoms with van der Waals surface area (Å²) in [5.41, 5.74) is -0.181. The van der Waals surface area contributed by atoms with Crippen LogP contribution in [-0.4, -0.2) is 71.2 Å². The van der Waals surface area contributed by atoms with Gasteiger partial charge in [-0.15, -0.1) is 0 Å². The molecule has 3 saturated heterocycles. The number of hydrogen-bond acceptors (Lipinski definition) is 3. The standard InChI is InChI=1S/C17H27N3O3/c1-11(2)15(22)19-7-5-17(6-8-19)14-10-20(12(3)21)9-13(14)16(23)18(17)4/h11,13-14H,5-10H2,1-4H3/t13-,14+/m1/s1. The average Bonchev–Trinajstić information content (AvgIpc) is 3.04. The van der Waals surface area contributed by atoms with Gasteiger partial charge in [-0.3, -0.25) is 14.4 Å². The maximum absolute atomic E-state index is 12.7. The van der Waals surface area contributed by atoms with Gasteiger partial charge >= 0.3 is 0 Å². The van der Waals surface area contributed by atoms with Gasteiger partial charge in [-0.25, -0.2) is 0 Å². The highest BCUT2D eigenvalue weighted by molar-refractivity contribution is 5.85. The van der Waals surface area contributed by atoms with E-state index in [9.17, 15) is 14.4 Å². The molecule has 0 aromatic heterocycles. The SMILES string of the molecule is CC(=O)N1C[C@H]2C(=O)N(C)C3(CCN(C(=O)C(C)C)CC3)[C@H]2C1. The van der Waals surface area contributed by atoms with Crippen LogP contribution in [-0.2, 0) is 14.4 Å². The predicted octanol–water partition coefficient (Wildman–Crippen LogP) is 0.570. The fourth-order valence-corrected chi connectivity index (χ4v) is 4.76. The molecule has 3 fully saturated rings. The zero-order valence-electron chi connectivity index (χ0n) is 14.5. The Kier molecular flexibility index (Phi) is 3.89. The molecule has 0 aromatic rings. The van der Waals surface area contributed by atoms with Gasteiger partial charge in [0.15, 0.2) is 0 Å². The third-order valence-corrected chi connectivity index (χ3v) is 6.21. The summed E-state index contributed by atoms with van der Waals surface area (Å²) in [6.07, 6.45) is 1.64. The van der Waals surface area contributed by atoms with Crippen molar-refractivity contribution in [2.24, 2.45) is 17.8 Å². The minimum atomic E-state index is -0.181.